The summed E-state index contributed by atoms with van der Waals surface area (Å²) in [6, 6.07) is 15.5. The zero-order valence-electron chi connectivity index (χ0n) is 23.4. The van der Waals surface area contributed by atoms with E-state index in [1.807, 2.05) is 36.4 Å². The van der Waals surface area contributed by atoms with Crippen LogP contribution in [0.3, 0.4) is 0 Å². The van der Waals surface area contributed by atoms with Gasteiger partial charge in [0.15, 0.2) is 0 Å². The molecule has 41 heavy (non-hydrogen) atoms. The van der Waals surface area contributed by atoms with E-state index in [9.17, 15) is 9.59 Å². The third-order valence-corrected chi connectivity index (χ3v) is 7.50. The van der Waals surface area contributed by atoms with Gasteiger partial charge in [-0.2, -0.15) is 0 Å². The standard InChI is InChI=1S/C31H34Cl2N2O6/c1-4-41-31(37)25(34-30(36)28-23(32)6-5-7-24(28)33)18-20-8-10-21(11-9-20)27-26(38-2)13-12-22(29(27)39-3)19-35-14-16-40-17-15-35/h5-13,25H,4,14-19H2,1-3H3,(H,34,36)/t25-/m0/s1. The Bertz CT molecular complexity index is 1340. The lowest BCUT2D eigenvalue weighted by molar-refractivity contribution is -0.145. The Kier molecular flexibility index (Phi) is 10.9. The van der Waals surface area contributed by atoms with Crippen LogP contribution in [0.2, 0.25) is 10.0 Å². The molecule has 10 heteroatoms. The highest BCUT2D eigenvalue weighted by Crippen LogP contribution is 2.41. The Labute approximate surface area is 250 Å². The lowest BCUT2D eigenvalue weighted by atomic mass is 9.97. The van der Waals surface area contributed by atoms with Gasteiger partial charge in [0.2, 0.25) is 0 Å². The average Bonchev–Trinajstić information content (AvgIpc) is 2.97. The molecule has 1 fully saturated rings. The van der Waals surface area contributed by atoms with Gasteiger partial charge in [-0.05, 0) is 36.2 Å². The van der Waals surface area contributed by atoms with Crippen LogP contribution in [0.4, 0.5) is 0 Å². The zero-order chi connectivity index (χ0) is 29.4. The number of amides is 1. The van der Waals surface area contributed by atoms with Gasteiger partial charge in [-0.25, -0.2) is 4.79 Å². The normalized spacial score (nSPS) is 14.3. The second-order valence-corrected chi connectivity index (χ2v) is 10.3. The average molecular weight is 602 g/mol. The number of carbonyl (C=O) groups is 2. The van der Waals surface area contributed by atoms with Crippen molar-refractivity contribution in [2.24, 2.45) is 0 Å². The fourth-order valence-electron chi connectivity index (χ4n) is 4.83. The van der Waals surface area contributed by atoms with Gasteiger partial charge in [0, 0.05) is 31.6 Å². The van der Waals surface area contributed by atoms with Crippen LogP contribution < -0.4 is 14.8 Å². The molecule has 0 aliphatic carbocycles. The van der Waals surface area contributed by atoms with Crippen molar-refractivity contribution in [2.75, 3.05) is 47.1 Å². The number of benzene rings is 3. The number of carbonyl (C=O) groups excluding carboxylic acids is 2. The minimum atomic E-state index is -0.943. The molecule has 218 valence electrons. The fraction of sp³-hybridized carbons (Fsp3) is 0.355. The van der Waals surface area contributed by atoms with E-state index in [-0.39, 0.29) is 28.6 Å². The van der Waals surface area contributed by atoms with Crippen molar-refractivity contribution in [1.29, 1.82) is 0 Å². The van der Waals surface area contributed by atoms with E-state index < -0.39 is 17.9 Å². The van der Waals surface area contributed by atoms with Gasteiger partial charge in [-0.1, -0.05) is 59.6 Å². The van der Waals surface area contributed by atoms with Crippen molar-refractivity contribution in [3.05, 3.63) is 81.3 Å². The second-order valence-electron chi connectivity index (χ2n) is 9.50. The first-order valence-corrected chi connectivity index (χ1v) is 14.2. The Morgan fingerprint density at radius 3 is 2.27 bits per heavy atom. The third-order valence-electron chi connectivity index (χ3n) is 6.87. The minimum absolute atomic E-state index is 0.108. The summed E-state index contributed by atoms with van der Waals surface area (Å²) in [5.74, 6) is 0.333. The van der Waals surface area contributed by atoms with Crippen LogP contribution in [-0.4, -0.2) is 69.9 Å². The van der Waals surface area contributed by atoms with Crippen LogP contribution in [0, 0.1) is 0 Å². The quantitative estimate of drug-likeness (QED) is 0.294. The van der Waals surface area contributed by atoms with Gasteiger partial charge in [0.25, 0.3) is 5.91 Å². The van der Waals surface area contributed by atoms with Crippen LogP contribution in [-0.2, 0) is 27.2 Å². The molecule has 1 saturated heterocycles. The van der Waals surface area contributed by atoms with E-state index in [1.54, 1.807) is 39.3 Å². The summed E-state index contributed by atoms with van der Waals surface area (Å²) < 4.78 is 22.3. The highest BCUT2D eigenvalue weighted by Gasteiger charge is 2.26. The molecular weight excluding hydrogens is 567 g/mol. The van der Waals surface area contributed by atoms with E-state index in [0.717, 1.165) is 47.6 Å². The summed E-state index contributed by atoms with van der Waals surface area (Å²) >= 11 is 12.4. The predicted octanol–water partition coefficient (Wildman–Crippen LogP) is 5.41. The van der Waals surface area contributed by atoms with E-state index in [4.69, 9.17) is 42.1 Å². The Hall–Kier alpha value is -3.30. The number of hydrogen-bond donors (Lipinski definition) is 1. The van der Waals surface area contributed by atoms with Crippen LogP contribution in [0.25, 0.3) is 11.1 Å². The van der Waals surface area contributed by atoms with E-state index in [1.165, 1.54) is 0 Å². The highest BCUT2D eigenvalue weighted by molar-refractivity contribution is 6.39. The van der Waals surface area contributed by atoms with Gasteiger partial charge in [0.05, 0.1) is 55.2 Å². The van der Waals surface area contributed by atoms with E-state index in [0.29, 0.717) is 19.0 Å². The molecule has 1 N–H and O–H groups in total. The maximum absolute atomic E-state index is 13.0. The zero-order valence-corrected chi connectivity index (χ0v) is 24.9. The summed E-state index contributed by atoms with van der Waals surface area (Å²) in [6.07, 6.45) is 0.207. The van der Waals surface area contributed by atoms with Crippen molar-refractivity contribution in [1.82, 2.24) is 10.2 Å². The molecule has 0 bridgehead atoms. The number of nitrogens with zero attached hydrogens (tertiary/aromatic N) is 1. The smallest absolute Gasteiger partial charge is 0.328 e. The number of methoxy groups -OCH3 is 2. The number of halogens is 2. The van der Waals surface area contributed by atoms with Crippen LogP contribution >= 0.6 is 23.2 Å². The maximum atomic E-state index is 13.0. The number of ether oxygens (including phenoxy) is 4. The second kappa shape index (κ2) is 14.5. The van der Waals surface area contributed by atoms with Gasteiger partial charge in [-0.15, -0.1) is 0 Å². The molecule has 3 aromatic carbocycles. The number of morpholine rings is 1. The van der Waals surface area contributed by atoms with Crippen LogP contribution in [0.5, 0.6) is 11.5 Å². The Morgan fingerprint density at radius 1 is 0.976 bits per heavy atom. The van der Waals surface area contributed by atoms with Gasteiger partial charge in [0.1, 0.15) is 17.5 Å². The van der Waals surface area contributed by atoms with Crippen molar-refractivity contribution in [2.45, 2.75) is 25.9 Å². The molecule has 0 radical (unpaired) electrons. The lowest BCUT2D eigenvalue weighted by Gasteiger charge is -2.28. The molecule has 8 nitrogen and oxygen atoms in total. The van der Waals surface area contributed by atoms with Crippen molar-refractivity contribution < 1.29 is 28.5 Å². The van der Waals surface area contributed by atoms with Gasteiger partial charge >= 0.3 is 5.97 Å². The summed E-state index contributed by atoms with van der Waals surface area (Å²) in [4.78, 5) is 28.2. The minimum Gasteiger partial charge on any atom is -0.496 e. The van der Waals surface area contributed by atoms with E-state index in [2.05, 4.69) is 10.2 Å². The number of rotatable bonds is 11. The van der Waals surface area contributed by atoms with Crippen molar-refractivity contribution in [3.63, 3.8) is 0 Å². The molecule has 3 aromatic rings. The molecular formula is C31H34Cl2N2O6. The maximum Gasteiger partial charge on any atom is 0.328 e. The molecule has 1 aliphatic heterocycles. The van der Waals surface area contributed by atoms with Crippen LogP contribution in [0.1, 0.15) is 28.4 Å². The number of esters is 1. The molecule has 0 saturated carbocycles. The molecule has 0 spiro atoms. The first-order chi connectivity index (χ1) is 19.9. The van der Waals surface area contributed by atoms with E-state index >= 15 is 0 Å². The third kappa shape index (κ3) is 7.51. The number of hydrogen-bond acceptors (Lipinski definition) is 7. The summed E-state index contributed by atoms with van der Waals surface area (Å²) in [7, 11) is 3.29. The fourth-order valence-corrected chi connectivity index (χ4v) is 5.40. The molecule has 4 rings (SSSR count). The largest absolute Gasteiger partial charge is 0.496 e. The lowest BCUT2D eigenvalue weighted by Crippen LogP contribution is -2.43. The van der Waals surface area contributed by atoms with Gasteiger partial charge < -0.3 is 24.3 Å². The highest BCUT2D eigenvalue weighted by atomic mass is 35.5. The summed E-state index contributed by atoms with van der Waals surface area (Å²) in [6.45, 7) is 5.77. The van der Waals surface area contributed by atoms with Crippen molar-refractivity contribution in [3.8, 4) is 22.6 Å². The van der Waals surface area contributed by atoms with Crippen molar-refractivity contribution >= 4 is 35.1 Å². The monoisotopic (exact) mass is 600 g/mol. The van der Waals surface area contributed by atoms with Gasteiger partial charge in [-0.3, -0.25) is 9.69 Å². The van der Waals surface area contributed by atoms with Crippen LogP contribution in [0.15, 0.2) is 54.6 Å². The molecule has 1 atom stereocenters. The SMILES string of the molecule is CCOC(=O)[C@H](Cc1ccc(-c2c(OC)ccc(CN3CCOCC3)c2OC)cc1)NC(=O)c1c(Cl)cccc1Cl. The summed E-state index contributed by atoms with van der Waals surface area (Å²) in [5.41, 5.74) is 3.72. The molecule has 0 unspecified atom stereocenters. The molecule has 0 aromatic heterocycles. The number of nitrogens with one attached hydrogen (secondary N) is 1. The molecule has 1 aliphatic rings. The Balaban J connectivity index is 1.59. The topological polar surface area (TPSA) is 86.3 Å². The molecule has 1 heterocycles. The first-order valence-electron chi connectivity index (χ1n) is 13.4. The first kappa shape index (κ1) is 30.7. The summed E-state index contributed by atoms with van der Waals surface area (Å²) in [5, 5.41) is 3.13. The molecule has 1 amide bonds. The Morgan fingerprint density at radius 2 is 1.66 bits per heavy atom. The predicted molar refractivity (Wildman–Crippen MR) is 159 cm³/mol.